The molecular formula is C20H18N2O7. The molecule has 2 aromatic rings. The molecule has 2 amide bonds. The van der Waals surface area contributed by atoms with E-state index in [0.29, 0.717) is 0 Å². The average molecular weight is 398 g/mol. The highest BCUT2D eigenvalue weighted by atomic mass is 16.6. The fraction of sp³-hybridized carbons (Fsp3) is 0.250. The summed E-state index contributed by atoms with van der Waals surface area (Å²) in [5, 5.41) is 11.3. The molecule has 0 aromatic heterocycles. The Kier molecular flexibility index (Phi) is 5.58. The van der Waals surface area contributed by atoms with Crippen molar-refractivity contribution in [3.8, 4) is 11.5 Å². The van der Waals surface area contributed by atoms with E-state index < -0.39 is 35.2 Å². The van der Waals surface area contributed by atoms with Gasteiger partial charge < -0.3 is 9.47 Å². The summed E-state index contributed by atoms with van der Waals surface area (Å²) in [5.41, 5.74) is -0.212. The molecule has 0 aliphatic carbocycles. The number of Topliss-reactive ketones (excluding diaryl/α,β-unsaturated/α-hetero) is 1. The van der Waals surface area contributed by atoms with Gasteiger partial charge >= 0.3 is 5.69 Å². The van der Waals surface area contributed by atoms with Gasteiger partial charge in [0.2, 0.25) is 0 Å². The van der Waals surface area contributed by atoms with E-state index in [-0.39, 0.29) is 34.9 Å². The standard InChI is InChI=1S/C20H18N2O7/c1-3-28-18-9-8-13(10-15(18)22(26)27)16(23)11-21-19(24)12(2)29-17-7-5-4-6-14(17)20(21)25/h4-10,12H,3,11H2,1-2H3. The number of nitro groups is 1. The molecule has 2 aromatic carbocycles. The molecule has 9 nitrogen and oxygen atoms in total. The van der Waals surface area contributed by atoms with Crippen LogP contribution in [0.3, 0.4) is 0 Å². The van der Waals surface area contributed by atoms with E-state index in [1.54, 1.807) is 25.1 Å². The Labute approximate surface area is 166 Å². The number of amides is 2. The Morgan fingerprint density at radius 2 is 1.97 bits per heavy atom. The Hall–Kier alpha value is -3.75. The number of para-hydroxylation sites is 1. The summed E-state index contributed by atoms with van der Waals surface area (Å²) in [6.45, 7) is 2.82. The SMILES string of the molecule is CCOc1ccc(C(=O)CN2C(=O)c3ccccc3OC(C)C2=O)cc1[N+](=O)[O-]. The smallest absolute Gasteiger partial charge is 0.311 e. The van der Waals surface area contributed by atoms with Crippen molar-refractivity contribution in [2.45, 2.75) is 20.0 Å². The van der Waals surface area contributed by atoms with E-state index in [4.69, 9.17) is 9.47 Å². The van der Waals surface area contributed by atoms with Crippen LogP contribution in [-0.4, -0.2) is 46.7 Å². The van der Waals surface area contributed by atoms with Gasteiger partial charge in [0, 0.05) is 11.6 Å². The van der Waals surface area contributed by atoms with Gasteiger partial charge in [0.05, 0.1) is 23.6 Å². The highest BCUT2D eigenvalue weighted by Crippen LogP contribution is 2.29. The van der Waals surface area contributed by atoms with E-state index in [1.807, 2.05) is 0 Å². The number of rotatable bonds is 6. The van der Waals surface area contributed by atoms with E-state index in [2.05, 4.69) is 0 Å². The first-order valence-corrected chi connectivity index (χ1v) is 8.89. The van der Waals surface area contributed by atoms with Gasteiger partial charge in [0.25, 0.3) is 11.8 Å². The predicted molar refractivity (Wildman–Crippen MR) is 101 cm³/mol. The zero-order valence-corrected chi connectivity index (χ0v) is 15.8. The molecule has 1 unspecified atom stereocenters. The molecule has 1 heterocycles. The number of ether oxygens (including phenoxy) is 2. The topological polar surface area (TPSA) is 116 Å². The molecule has 1 aliphatic heterocycles. The van der Waals surface area contributed by atoms with Gasteiger partial charge in [0.1, 0.15) is 5.75 Å². The lowest BCUT2D eigenvalue weighted by Crippen LogP contribution is -2.44. The van der Waals surface area contributed by atoms with Crippen LogP contribution in [0.2, 0.25) is 0 Å². The molecule has 9 heteroatoms. The van der Waals surface area contributed by atoms with E-state index >= 15 is 0 Å². The minimum atomic E-state index is -0.968. The molecule has 0 saturated carbocycles. The first-order valence-electron chi connectivity index (χ1n) is 8.89. The Morgan fingerprint density at radius 3 is 2.66 bits per heavy atom. The second-order valence-electron chi connectivity index (χ2n) is 6.28. The normalized spacial score (nSPS) is 15.9. The molecule has 0 N–H and O–H groups in total. The van der Waals surface area contributed by atoms with Crippen LogP contribution in [0.1, 0.15) is 34.6 Å². The fourth-order valence-electron chi connectivity index (χ4n) is 2.95. The van der Waals surface area contributed by atoms with E-state index in [0.717, 1.165) is 11.0 Å². The van der Waals surface area contributed by atoms with Crippen molar-refractivity contribution < 1.29 is 28.8 Å². The molecule has 0 bridgehead atoms. The Balaban J connectivity index is 1.91. The number of nitrogens with zero attached hydrogens (tertiary/aromatic N) is 2. The second-order valence-corrected chi connectivity index (χ2v) is 6.28. The average Bonchev–Trinajstić information content (AvgIpc) is 2.79. The van der Waals surface area contributed by atoms with Gasteiger partial charge in [-0.3, -0.25) is 29.4 Å². The molecule has 0 fully saturated rings. The lowest BCUT2D eigenvalue weighted by atomic mass is 10.1. The molecule has 0 radical (unpaired) electrons. The van der Waals surface area contributed by atoms with E-state index in [1.165, 1.54) is 25.1 Å². The van der Waals surface area contributed by atoms with Crippen molar-refractivity contribution in [3.63, 3.8) is 0 Å². The number of carbonyl (C=O) groups is 3. The molecule has 0 saturated heterocycles. The summed E-state index contributed by atoms with van der Waals surface area (Å²) in [4.78, 5) is 49.6. The zero-order valence-electron chi connectivity index (χ0n) is 15.8. The summed E-state index contributed by atoms with van der Waals surface area (Å²) < 4.78 is 10.7. The molecule has 1 atom stereocenters. The third kappa shape index (κ3) is 3.93. The van der Waals surface area contributed by atoms with Gasteiger partial charge in [-0.15, -0.1) is 0 Å². The minimum Gasteiger partial charge on any atom is -0.487 e. The molecular weight excluding hydrogens is 380 g/mol. The van der Waals surface area contributed by atoms with Crippen LogP contribution in [0.5, 0.6) is 11.5 Å². The van der Waals surface area contributed by atoms with Crippen molar-refractivity contribution in [2.24, 2.45) is 0 Å². The van der Waals surface area contributed by atoms with Crippen LogP contribution in [-0.2, 0) is 4.79 Å². The molecule has 0 spiro atoms. The first kappa shape index (κ1) is 20.0. The highest BCUT2D eigenvalue weighted by molar-refractivity contribution is 6.12. The second kappa shape index (κ2) is 8.09. The maximum absolute atomic E-state index is 12.8. The molecule has 3 rings (SSSR count). The molecule has 29 heavy (non-hydrogen) atoms. The van der Waals surface area contributed by atoms with Crippen LogP contribution in [0, 0.1) is 10.1 Å². The number of imide groups is 1. The van der Waals surface area contributed by atoms with Gasteiger partial charge in [-0.2, -0.15) is 0 Å². The lowest BCUT2D eigenvalue weighted by molar-refractivity contribution is -0.385. The summed E-state index contributed by atoms with van der Waals surface area (Å²) in [7, 11) is 0. The van der Waals surface area contributed by atoms with Crippen molar-refractivity contribution >= 4 is 23.3 Å². The van der Waals surface area contributed by atoms with Gasteiger partial charge in [0.15, 0.2) is 17.6 Å². The van der Waals surface area contributed by atoms with Crippen molar-refractivity contribution in [1.29, 1.82) is 0 Å². The third-order valence-corrected chi connectivity index (χ3v) is 4.36. The van der Waals surface area contributed by atoms with Gasteiger partial charge in [-0.1, -0.05) is 12.1 Å². The van der Waals surface area contributed by atoms with Crippen LogP contribution in [0.15, 0.2) is 42.5 Å². The number of nitro benzene ring substituents is 1. The maximum atomic E-state index is 12.8. The Morgan fingerprint density at radius 1 is 1.24 bits per heavy atom. The maximum Gasteiger partial charge on any atom is 0.311 e. The minimum absolute atomic E-state index is 0.00754. The van der Waals surface area contributed by atoms with Crippen molar-refractivity contribution in [1.82, 2.24) is 4.90 Å². The quantitative estimate of drug-likeness (QED) is 0.318. The van der Waals surface area contributed by atoms with Crippen LogP contribution >= 0.6 is 0 Å². The highest BCUT2D eigenvalue weighted by Gasteiger charge is 2.35. The van der Waals surface area contributed by atoms with E-state index in [9.17, 15) is 24.5 Å². The van der Waals surface area contributed by atoms with Crippen LogP contribution < -0.4 is 9.47 Å². The third-order valence-electron chi connectivity index (χ3n) is 4.36. The summed E-state index contributed by atoms with van der Waals surface area (Å²) in [6, 6.07) is 10.1. The fourth-order valence-corrected chi connectivity index (χ4v) is 2.95. The first-order chi connectivity index (χ1) is 13.8. The van der Waals surface area contributed by atoms with Crippen LogP contribution in [0.4, 0.5) is 5.69 Å². The largest absolute Gasteiger partial charge is 0.487 e. The predicted octanol–water partition coefficient (Wildman–Crippen LogP) is 2.63. The molecule has 150 valence electrons. The number of hydrogen-bond acceptors (Lipinski definition) is 7. The Bertz CT molecular complexity index is 1000. The zero-order chi connectivity index (χ0) is 21.1. The van der Waals surface area contributed by atoms with Gasteiger partial charge in [-0.25, -0.2) is 0 Å². The van der Waals surface area contributed by atoms with Gasteiger partial charge in [-0.05, 0) is 38.1 Å². The number of fused-ring (bicyclic) bond motifs is 1. The van der Waals surface area contributed by atoms with Crippen molar-refractivity contribution in [2.75, 3.05) is 13.2 Å². The lowest BCUT2D eigenvalue weighted by Gasteiger charge is -2.19. The monoisotopic (exact) mass is 398 g/mol. The van der Waals surface area contributed by atoms with Crippen molar-refractivity contribution in [3.05, 3.63) is 63.7 Å². The van der Waals surface area contributed by atoms with Crippen LogP contribution in [0.25, 0.3) is 0 Å². The number of carbonyl (C=O) groups excluding carboxylic acids is 3. The summed E-state index contributed by atoms with van der Waals surface area (Å²) in [5.74, 6) is -1.66. The summed E-state index contributed by atoms with van der Waals surface area (Å²) >= 11 is 0. The number of benzene rings is 2. The molecule has 1 aliphatic rings. The number of ketones is 1. The number of hydrogen-bond donors (Lipinski definition) is 0. The summed E-state index contributed by atoms with van der Waals surface area (Å²) in [6.07, 6.45) is -0.968.